The summed E-state index contributed by atoms with van der Waals surface area (Å²) in [5.74, 6) is 0. The van der Waals surface area contributed by atoms with Crippen LogP contribution >= 0.6 is 0 Å². The molecular formula is C19H37NO. The lowest BCUT2D eigenvalue weighted by molar-refractivity contribution is -0.152. The van der Waals surface area contributed by atoms with Crippen LogP contribution in [0.1, 0.15) is 90.9 Å². The molecule has 1 spiro atoms. The Bertz CT molecular complexity index is 273. The smallest absolute Gasteiger partial charge is 0.0661 e. The third kappa shape index (κ3) is 4.45. The second-order valence-corrected chi connectivity index (χ2v) is 7.27. The van der Waals surface area contributed by atoms with Crippen LogP contribution in [0.15, 0.2) is 0 Å². The first kappa shape index (κ1) is 17.3. The minimum Gasteiger partial charge on any atom is -0.378 e. The van der Waals surface area contributed by atoms with Crippen molar-refractivity contribution in [2.75, 3.05) is 13.2 Å². The lowest BCUT2D eigenvalue weighted by Gasteiger charge is -2.58. The predicted octanol–water partition coefficient (Wildman–Crippen LogP) is 5.06. The van der Waals surface area contributed by atoms with E-state index in [0.29, 0.717) is 11.5 Å². The van der Waals surface area contributed by atoms with Crippen LogP contribution in [0.3, 0.4) is 0 Å². The topological polar surface area (TPSA) is 21.3 Å². The van der Waals surface area contributed by atoms with Gasteiger partial charge in [0.1, 0.15) is 0 Å². The molecule has 0 aromatic carbocycles. The van der Waals surface area contributed by atoms with Crippen LogP contribution in [0.25, 0.3) is 0 Å². The van der Waals surface area contributed by atoms with Gasteiger partial charge in [0.15, 0.2) is 0 Å². The quantitative estimate of drug-likeness (QED) is 0.568. The fraction of sp³-hybridized carbons (Fsp3) is 1.00. The summed E-state index contributed by atoms with van der Waals surface area (Å²) in [6, 6.07) is 0.734. The summed E-state index contributed by atoms with van der Waals surface area (Å²) >= 11 is 0. The second kappa shape index (κ2) is 9.15. The second-order valence-electron chi connectivity index (χ2n) is 7.27. The fourth-order valence-electron chi connectivity index (χ4n) is 4.50. The van der Waals surface area contributed by atoms with Gasteiger partial charge in [-0.1, -0.05) is 65.2 Å². The molecular weight excluding hydrogens is 258 g/mol. The lowest BCUT2D eigenvalue weighted by Crippen LogP contribution is -2.64. The predicted molar refractivity (Wildman–Crippen MR) is 90.7 cm³/mol. The van der Waals surface area contributed by atoms with Crippen LogP contribution in [0, 0.1) is 5.41 Å². The first-order valence-corrected chi connectivity index (χ1v) is 9.68. The summed E-state index contributed by atoms with van der Waals surface area (Å²) in [5.41, 5.74) is 0.496. The van der Waals surface area contributed by atoms with E-state index < -0.39 is 0 Å². The largest absolute Gasteiger partial charge is 0.378 e. The molecule has 2 fully saturated rings. The molecule has 2 aliphatic rings. The SMILES string of the molecule is CCCCCCCCOC1CC(NCC)C12CCCCC2. The molecule has 2 nitrogen and oxygen atoms in total. The fourth-order valence-corrected chi connectivity index (χ4v) is 4.50. The van der Waals surface area contributed by atoms with Crippen molar-refractivity contribution in [1.82, 2.24) is 5.32 Å². The molecule has 0 aromatic rings. The van der Waals surface area contributed by atoms with E-state index in [9.17, 15) is 0 Å². The zero-order valence-electron chi connectivity index (χ0n) is 14.5. The number of hydrogen-bond acceptors (Lipinski definition) is 2. The Morgan fingerprint density at radius 3 is 2.38 bits per heavy atom. The molecule has 0 heterocycles. The Morgan fingerprint density at radius 1 is 0.952 bits per heavy atom. The number of unbranched alkanes of at least 4 members (excludes halogenated alkanes) is 5. The summed E-state index contributed by atoms with van der Waals surface area (Å²) in [6.07, 6.45) is 17.0. The molecule has 0 saturated heterocycles. The third-order valence-electron chi connectivity index (χ3n) is 5.84. The van der Waals surface area contributed by atoms with E-state index in [0.717, 1.165) is 19.2 Å². The van der Waals surface area contributed by atoms with Crippen molar-refractivity contribution in [3.05, 3.63) is 0 Å². The number of hydrogen-bond donors (Lipinski definition) is 1. The summed E-state index contributed by atoms with van der Waals surface area (Å²) < 4.78 is 6.31. The van der Waals surface area contributed by atoms with Gasteiger partial charge in [-0.15, -0.1) is 0 Å². The minimum atomic E-state index is 0.496. The van der Waals surface area contributed by atoms with E-state index >= 15 is 0 Å². The Balaban J connectivity index is 1.65. The van der Waals surface area contributed by atoms with Crippen molar-refractivity contribution in [3.63, 3.8) is 0 Å². The van der Waals surface area contributed by atoms with Gasteiger partial charge >= 0.3 is 0 Å². The third-order valence-corrected chi connectivity index (χ3v) is 5.84. The highest BCUT2D eigenvalue weighted by atomic mass is 16.5. The van der Waals surface area contributed by atoms with E-state index in [1.165, 1.54) is 77.0 Å². The highest BCUT2D eigenvalue weighted by molar-refractivity contribution is 5.08. The zero-order valence-corrected chi connectivity index (χ0v) is 14.5. The Morgan fingerprint density at radius 2 is 1.67 bits per heavy atom. The molecule has 0 aliphatic heterocycles. The number of ether oxygens (including phenoxy) is 1. The zero-order chi connectivity index (χ0) is 15.0. The van der Waals surface area contributed by atoms with Crippen molar-refractivity contribution in [1.29, 1.82) is 0 Å². The molecule has 2 unspecified atom stereocenters. The Hall–Kier alpha value is -0.0800. The van der Waals surface area contributed by atoms with Gasteiger partial charge in [0.2, 0.25) is 0 Å². The standard InChI is InChI=1S/C19H37NO/c1-3-5-6-7-8-12-15-21-18-16-17(20-4-2)19(18)13-10-9-11-14-19/h17-18,20H,3-16H2,1-2H3. The van der Waals surface area contributed by atoms with Crippen LogP contribution in [-0.2, 0) is 4.74 Å². The van der Waals surface area contributed by atoms with Gasteiger partial charge in [0.05, 0.1) is 6.10 Å². The van der Waals surface area contributed by atoms with Crippen LogP contribution in [0.2, 0.25) is 0 Å². The average molecular weight is 296 g/mol. The van der Waals surface area contributed by atoms with Crippen molar-refractivity contribution in [3.8, 4) is 0 Å². The maximum absolute atomic E-state index is 6.31. The Labute approximate surface area is 132 Å². The van der Waals surface area contributed by atoms with Crippen molar-refractivity contribution < 1.29 is 4.74 Å². The Kier molecular flexibility index (Phi) is 7.53. The molecule has 1 N–H and O–H groups in total. The minimum absolute atomic E-state index is 0.496. The molecule has 2 saturated carbocycles. The highest BCUT2D eigenvalue weighted by Gasteiger charge is 2.55. The van der Waals surface area contributed by atoms with Gasteiger partial charge in [0.25, 0.3) is 0 Å². The number of rotatable bonds is 10. The molecule has 21 heavy (non-hydrogen) atoms. The molecule has 0 bridgehead atoms. The van der Waals surface area contributed by atoms with Gasteiger partial charge < -0.3 is 10.1 Å². The lowest BCUT2D eigenvalue weighted by atomic mass is 9.55. The molecule has 2 rings (SSSR count). The van der Waals surface area contributed by atoms with E-state index in [-0.39, 0.29) is 0 Å². The molecule has 0 aromatic heterocycles. The summed E-state index contributed by atoms with van der Waals surface area (Å²) in [7, 11) is 0. The average Bonchev–Trinajstić information content (AvgIpc) is 2.53. The molecule has 124 valence electrons. The monoisotopic (exact) mass is 295 g/mol. The van der Waals surface area contributed by atoms with Crippen molar-refractivity contribution in [2.45, 2.75) is 103 Å². The summed E-state index contributed by atoms with van der Waals surface area (Å²) in [6.45, 7) is 6.62. The summed E-state index contributed by atoms with van der Waals surface area (Å²) in [4.78, 5) is 0. The highest BCUT2D eigenvalue weighted by Crippen LogP contribution is 2.53. The molecule has 2 aliphatic carbocycles. The molecule has 0 radical (unpaired) electrons. The van der Waals surface area contributed by atoms with E-state index in [1.807, 2.05) is 0 Å². The van der Waals surface area contributed by atoms with Crippen LogP contribution in [0.4, 0.5) is 0 Å². The maximum Gasteiger partial charge on any atom is 0.0661 e. The van der Waals surface area contributed by atoms with Crippen molar-refractivity contribution in [2.24, 2.45) is 5.41 Å². The molecule has 2 atom stereocenters. The van der Waals surface area contributed by atoms with Gasteiger partial charge in [0, 0.05) is 18.1 Å². The maximum atomic E-state index is 6.31. The molecule has 2 heteroatoms. The molecule has 0 amide bonds. The van der Waals surface area contributed by atoms with Crippen LogP contribution in [-0.4, -0.2) is 25.3 Å². The van der Waals surface area contributed by atoms with E-state index in [4.69, 9.17) is 4.74 Å². The van der Waals surface area contributed by atoms with E-state index in [2.05, 4.69) is 19.2 Å². The van der Waals surface area contributed by atoms with Crippen LogP contribution < -0.4 is 5.32 Å². The van der Waals surface area contributed by atoms with Gasteiger partial charge in [-0.05, 0) is 32.2 Å². The van der Waals surface area contributed by atoms with Crippen molar-refractivity contribution >= 4 is 0 Å². The first-order chi connectivity index (χ1) is 10.3. The normalized spacial score (nSPS) is 27.7. The van der Waals surface area contributed by atoms with Crippen LogP contribution in [0.5, 0.6) is 0 Å². The summed E-state index contributed by atoms with van der Waals surface area (Å²) in [5, 5.41) is 3.72. The van der Waals surface area contributed by atoms with Gasteiger partial charge in [-0.25, -0.2) is 0 Å². The first-order valence-electron chi connectivity index (χ1n) is 9.68. The van der Waals surface area contributed by atoms with E-state index in [1.54, 1.807) is 0 Å². The van der Waals surface area contributed by atoms with Gasteiger partial charge in [-0.3, -0.25) is 0 Å². The number of nitrogens with one attached hydrogen (secondary N) is 1. The van der Waals surface area contributed by atoms with Gasteiger partial charge in [-0.2, -0.15) is 0 Å².